The Bertz CT molecular complexity index is 398. The number of aryl methyl sites for hydroxylation is 1. The highest BCUT2D eigenvalue weighted by Gasteiger charge is 2.26. The number of fused-ring (bicyclic) bond motifs is 1. The summed E-state index contributed by atoms with van der Waals surface area (Å²) >= 11 is 0. The maximum absolute atomic E-state index is 4.78. The van der Waals surface area contributed by atoms with Gasteiger partial charge in [-0.3, -0.25) is 0 Å². The van der Waals surface area contributed by atoms with Crippen molar-refractivity contribution >= 4 is 0 Å². The molecule has 0 aromatic carbocycles. The lowest BCUT2D eigenvalue weighted by atomic mass is 9.98. The Morgan fingerprint density at radius 3 is 2.88 bits per heavy atom. The van der Waals surface area contributed by atoms with Crippen LogP contribution in [0.2, 0.25) is 0 Å². The molecule has 0 bridgehead atoms. The van der Waals surface area contributed by atoms with Gasteiger partial charge in [-0.15, -0.1) is 0 Å². The number of nitrogens with zero attached hydrogens (tertiary/aromatic N) is 4. The molecule has 17 heavy (non-hydrogen) atoms. The second kappa shape index (κ2) is 4.41. The number of rotatable bonds is 1. The first-order valence-electron chi connectivity index (χ1n) is 6.88. The van der Waals surface area contributed by atoms with Crippen molar-refractivity contribution in [1.29, 1.82) is 0 Å². The molecule has 3 heterocycles. The topological polar surface area (TPSA) is 34.0 Å². The summed E-state index contributed by atoms with van der Waals surface area (Å²) in [6, 6.07) is 0.543. The second-order valence-corrected chi connectivity index (χ2v) is 5.67. The molecule has 0 N–H and O–H groups in total. The Hall–Kier alpha value is -0.900. The van der Waals surface area contributed by atoms with E-state index in [4.69, 9.17) is 10.1 Å². The van der Waals surface area contributed by atoms with Gasteiger partial charge in [-0.05, 0) is 46.2 Å². The first kappa shape index (κ1) is 11.2. The average Bonchev–Trinajstić information content (AvgIpc) is 2.74. The van der Waals surface area contributed by atoms with E-state index in [2.05, 4.69) is 23.6 Å². The highest BCUT2D eigenvalue weighted by atomic mass is 15.4. The third-order valence-corrected chi connectivity index (χ3v) is 4.15. The highest BCUT2D eigenvalue weighted by Crippen LogP contribution is 2.28. The SMILES string of the molecule is CC1CCCc2nc(C3CCCN(C)C3)nn21. The molecule has 0 aliphatic carbocycles. The van der Waals surface area contributed by atoms with E-state index in [1.54, 1.807) is 0 Å². The Labute approximate surface area is 103 Å². The maximum Gasteiger partial charge on any atom is 0.155 e. The summed E-state index contributed by atoms with van der Waals surface area (Å²) in [7, 11) is 2.20. The van der Waals surface area contributed by atoms with Gasteiger partial charge in [0.15, 0.2) is 5.82 Å². The van der Waals surface area contributed by atoms with Gasteiger partial charge in [0.25, 0.3) is 0 Å². The maximum atomic E-state index is 4.78. The molecule has 2 atom stereocenters. The largest absolute Gasteiger partial charge is 0.306 e. The number of aromatic nitrogens is 3. The minimum absolute atomic E-state index is 0.543. The summed E-state index contributed by atoms with van der Waals surface area (Å²) in [6.07, 6.45) is 6.16. The van der Waals surface area contributed by atoms with Crippen LogP contribution in [0.4, 0.5) is 0 Å². The van der Waals surface area contributed by atoms with Crippen molar-refractivity contribution in [3.05, 3.63) is 11.6 Å². The van der Waals surface area contributed by atoms with E-state index in [1.807, 2.05) is 0 Å². The fraction of sp³-hybridized carbons (Fsp3) is 0.846. The van der Waals surface area contributed by atoms with E-state index in [1.165, 1.54) is 38.1 Å². The van der Waals surface area contributed by atoms with Crippen LogP contribution in [0.25, 0.3) is 0 Å². The van der Waals surface area contributed by atoms with Crippen LogP contribution in [0.1, 0.15) is 56.2 Å². The van der Waals surface area contributed by atoms with Crippen molar-refractivity contribution in [3.8, 4) is 0 Å². The van der Waals surface area contributed by atoms with Gasteiger partial charge < -0.3 is 4.90 Å². The zero-order chi connectivity index (χ0) is 11.8. The van der Waals surface area contributed by atoms with Crippen LogP contribution in [0.5, 0.6) is 0 Å². The molecule has 2 unspecified atom stereocenters. The molecule has 4 nitrogen and oxygen atoms in total. The second-order valence-electron chi connectivity index (χ2n) is 5.67. The number of piperidine rings is 1. The van der Waals surface area contributed by atoms with Crippen molar-refractivity contribution in [3.63, 3.8) is 0 Å². The van der Waals surface area contributed by atoms with E-state index in [-0.39, 0.29) is 0 Å². The van der Waals surface area contributed by atoms with Crippen LogP contribution in [0.15, 0.2) is 0 Å². The van der Waals surface area contributed by atoms with E-state index in [0.29, 0.717) is 12.0 Å². The molecular weight excluding hydrogens is 212 g/mol. The minimum atomic E-state index is 0.543. The molecule has 0 amide bonds. The first-order chi connectivity index (χ1) is 8.24. The summed E-state index contributed by atoms with van der Waals surface area (Å²) in [5.41, 5.74) is 0. The fourth-order valence-corrected chi connectivity index (χ4v) is 3.13. The standard InChI is InChI=1S/C13H22N4/c1-10-5-3-7-12-14-13(15-17(10)12)11-6-4-8-16(2)9-11/h10-11H,3-9H2,1-2H3. The van der Waals surface area contributed by atoms with Crippen LogP contribution in [0.3, 0.4) is 0 Å². The molecule has 1 aromatic rings. The van der Waals surface area contributed by atoms with Crippen LogP contribution in [0, 0.1) is 0 Å². The Balaban J connectivity index is 1.83. The van der Waals surface area contributed by atoms with Crippen LogP contribution in [-0.4, -0.2) is 39.8 Å². The van der Waals surface area contributed by atoms with E-state index < -0.39 is 0 Å². The summed E-state index contributed by atoms with van der Waals surface area (Å²) < 4.78 is 2.17. The van der Waals surface area contributed by atoms with Gasteiger partial charge in [0.1, 0.15) is 5.82 Å². The van der Waals surface area contributed by atoms with Gasteiger partial charge >= 0.3 is 0 Å². The van der Waals surface area contributed by atoms with E-state index in [0.717, 1.165) is 18.8 Å². The lowest BCUT2D eigenvalue weighted by molar-refractivity contribution is 0.245. The molecule has 0 spiro atoms. The Morgan fingerprint density at radius 1 is 1.24 bits per heavy atom. The first-order valence-corrected chi connectivity index (χ1v) is 6.88. The van der Waals surface area contributed by atoms with E-state index >= 15 is 0 Å². The number of likely N-dealkylation sites (tertiary alicyclic amines) is 1. The minimum Gasteiger partial charge on any atom is -0.306 e. The number of hydrogen-bond donors (Lipinski definition) is 0. The van der Waals surface area contributed by atoms with Gasteiger partial charge in [0.2, 0.25) is 0 Å². The molecule has 2 aliphatic rings. The third-order valence-electron chi connectivity index (χ3n) is 4.15. The fourth-order valence-electron chi connectivity index (χ4n) is 3.13. The molecule has 94 valence electrons. The predicted octanol–water partition coefficient (Wildman–Crippen LogP) is 1.98. The van der Waals surface area contributed by atoms with Crippen LogP contribution in [-0.2, 0) is 6.42 Å². The lowest BCUT2D eigenvalue weighted by Gasteiger charge is -2.27. The smallest absolute Gasteiger partial charge is 0.155 e. The number of hydrogen-bond acceptors (Lipinski definition) is 3. The van der Waals surface area contributed by atoms with Crippen molar-refractivity contribution in [2.45, 2.75) is 51.0 Å². The molecule has 4 heteroatoms. The molecular formula is C13H22N4. The van der Waals surface area contributed by atoms with Gasteiger partial charge in [0, 0.05) is 18.9 Å². The summed E-state index contributed by atoms with van der Waals surface area (Å²) in [5, 5.41) is 4.77. The average molecular weight is 234 g/mol. The summed E-state index contributed by atoms with van der Waals surface area (Å²) in [4.78, 5) is 7.18. The normalized spacial score (nSPS) is 30.2. The summed E-state index contributed by atoms with van der Waals surface area (Å²) in [6.45, 7) is 4.60. The Morgan fingerprint density at radius 2 is 2.12 bits per heavy atom. The molecule has 1 aromatic heterocycles. The van der Waals surface area contributed by atoms with Gasteiger partial charge in [0.05, 0.1) is 6.04 Å². The quantitative estimate of drug-likeness (QED) is 0.745. The zero-order valence-corrected chi connectivity index (χ0v) is 10.9. The Kier molecular flexibility index (Phi) is 2.90. The van der Waals surface area contributed by atoms with Crippen LogP contribution < -0.4 is 0 Å². The molecule has 0 saturated carbocycles. The van der Waals surface area contributed by atoms with Crippen molar-refractivity contribution in [2.24, 2.45) is 0 Å². The lowest BCUT2D eigenvalue weighted by Crippen LogP contribution is -2.31. The number of likely N-dealkylation sites (N-methyl/N-ethyl adjacent to an activating group) is 1. The monoisotopic (exact) mass is 234 g/mol. The third kappa shape index (κ3) is 2.10. The van der Waals surface area contributed by atoms with Crippen molar-refractivity contribution < 1.29 is 0 Å². The molecule has 1 saturated heterocycles. The van der Waals surface area contributed by atoms with Crippen molar-refractivity contribution in [2.75, 3.05) is 20.1 Å². The van der Waals surface area contributed by atoms with Crippen LogP contribution >= 0.6 is 0 Å². The molecule has 1 fully saturated rings. The van der Waals surface area contributed by atoms with Gasteiger partial charge in [-0.2, -0.15) is 5.10 Å². The zero-order valence-electron chi connectivity index (χ0n) is 10.9. The molecule has 0 radical (unpaired) electrons. The molecule has 3 rings (SSSR count). The van der Waals surface area contributed by atoms with Crippen molar-refractivity contribution in [1.82, 2.24) is 19.7 Å². The van der Waals surface area contributed by atoms with Gasteiger partial charge in [-0.25, -0.2) is 9.67 Å². The summed E-state index contributed by atoms with van der Waals surface area (Å²) in [5.74, 6) is 2.87. The molecule has 2 aliphatic heterocycles. The van der Waals surface area contributed by atoms with E-state index in [9.17, 15) is 0 Å². The van der Waals surface area contributed by atoms with Gasteiger partial charge in [-0.1, -0.05) is 0 Å². The predicted molar refractivity (Wildman–Crippen MR) is 67.1 cm³/mol. The highest BCUT2D eigenvalue weighted by molar-refractivity contribution is 5.04.